The van der Waals surface area contributed by atoms with E-state index in [0.717, 1.165) is 19.4 Å². The molecule has 0 atom stereocenters. The number of H-pyrrole nitrogens is 1. The molecule has 0 spiro atoms. The van der Waals surface area contributed by atoms with Gasteiger partial charge in [0.2, 0.25) is 0 Å². The predicted octanol–water partition coefficient (Wildman–Crippen LogP) is 0.301. The fourth-order valence-corrected chi connectivity index (χ4v) is 0.716. The van der Waals surface area contributed by atoms with Crippen LogP contribution < -0.4 is 5.73 Å². The predicted molar refractivity (Wildman–Crippen MR) is 36.0 cm³/mol. The summed E-state index contributed by atoms with van der Waals surface area (Å²) in [6.45, 7) is 0.749. The van der Waals surface area contributed by atoms with Gasteiger partial charge >= 0.3 is 0 Å². The lowest BCUT2D eigenvalue weighted by Gasteiger charge is -1.90. The Hall–Kier alpha value is -0.830. The number of aromatic nitrogens is 2. The van der Waals surface area contributed by atoms with Gasteiger partial charge in [-0.3, -0.25) is 5.10 Å². The van der Waals surface area contributed by atoms with Crippen molar-refractivity contribution in [2.45, 2.75) is 12.8 Å². The summed E-state index contributed by atoms with van der Waals surface area (Å²) in [7, 11) is 0. The van der Waals surface area contributed by atoms with E-state index in [1.165, 1.54) is 5.69 Å². The van der Waals surface area contributed by atoms with Gasteiger partial charge in [-0.2, -0.15) is 5.10 Å². The zero-order valence-corrected chi connectivity index (χ0v) is 5.30. The Labute approximate surface area is 54.3 Å². The van der Waals surface area contributed by atoms with Crippen molar-refractivity contribution in [2.24, 2.45) is 5.73 Å². The van der Waals surface area contributed by atoms with Crippen LogP contribution in [0.3, 0.4) is 0 Å². The zero-order valence-electron chi connectivity index (χ0n) is 5.30. The van der Waals surface area contributed by atoms with Gasteiger partial charge < -0.3 is 5.73 Å². The maximum atomic E-state index is 5.31. The molecule has 0 radical (unpaired) electrons. The van der Waals surface area contributed by atoms with Crippen LogP contribution in [-0.4, -0.2) is 16.7 Å². The normalized spacial score (nSPS) is 9.89. The number of aromatic amines is 1. The standard InChI is InChI=1S/C6H11N3/c7-4-1-2-6-3-5-8-9-6/h3,5H,1-2,4,7H2,(H,8,9). The van der Waals surface area contributed by atoms with E-state index in [-0.39, 0.29) is 0 Å². The number of nitrogens with one attached hydrogen (secondary N) is 1. The van der Waals surface area contributed by atoms with Gasteiger partial charge in [-0.25, -0.2) is 0 Å². The molecule has 3 heteroatoms. The summed E-state index contributed by atoms with van der Waals surface area (Å²) in [5.74, 6) is 0. The Bertz CT molecular complexity index is 145. The highest BCUT2D eigenvalue weighted by molar-refractivity contribution is 4.96. The number of nitrogens with two attached hydrogens (primary N) is 1. The van der Waals surface area contributed by atoms with Crippen LogP contribution in [0.5, 0.6) is 0 Å². The van der Waals surface area contributed by atoms with Crippen LogP contribution in [0.15, 0.2) is 12.3 Å². The molecule has 0 bridgehead atoms. The third-order valence-corrected chi connectivity index (χ3v) is 1.21. The Balaban J connectivity index is 2.30. The van der Waals surface area contributed by atoms with E-state index in [2.05, 4.69) is 10.2 Å². The van der Waals surface area contributed by atoms with Crippen molar-refractivity contribution in [1.29, 1.82) is 0 Å². The van der Waals surface area contributed by atoms with E-state index in [0.29, 0.717) is 0 Å². The first-order valence-electron chi connectivity index (χ1n) is 3.12. The molecule has 0 saturated carbocycles. The largest absolute Gasteiger partial charge is 0.330 e. The lowest BCUT2D eigenvalue weighted by molar-refractivity contribution is 0.804. The van der Waals surface area contributed by atoms with Gasteiger partial charge in [-0.05, 0) is 25.5 Å². The highest BCUT2D eigenvalue weighted by atomic mass is 15.1. The van der Waals surface area contributed by atoms with Gasteiger partial charge in [0.05, 0.1) is 0 Å². The molecule has 9 heavy (non-hydrogen) atoms. The Kier molecular flexibility index (Phi) is 2.27. The second-order valence-electron chi connectivity index (χ2n) is 1.97. The maximum absolute atomic E-state index is 5.31. The van der Waals surface area contributed by atoms with Crippen molar-refractivity contribution in [3.63, 3.8) is 0 Å². The number of hydrogen-bond acceptors (Lipinski definition) is 2. The van der Waals surface area contributed by atoms with Gasteiger partial charge in [-0.1, -0.05) is 0 Å². The van der Waals surface area contributed by atoms with Crippen LogP contribution in [0, 0.1) is 0 Å². The SMILES string of the molecule is NCCCc1ccn[nH]1. The molecule has 0 amide bonds. The summed E-state index contributed by atoms with van der Waals surface area (Å²) < 4.78 is 0. The van der Waals surface area contributed by atoms with E-state index in [4.69, 9.17) is 5.73 Å². The highest BCUT2D eigenvalue weighted by Crippen LogP contribution is 1.94. The van der Waals surface area contributed by atoms with Gasteiger partial charge in [0.15, 0.2) is 0 Å². The summed E-state index contributed by atoms with van der Waals surface area (Å²) in [5.41, 5.74) is 6.48. The minimum Gasteiger partial charge on any atom is -0.330 e. The first-order valence-corrected chi connectivity index (χ1v) is 3.12. The molecule has 0 aromatic carbocycles. The summed E-state index contributed by atoms with van der Waals surface area (Å²) in [6, 6.07) is 1.97. The van der Waals surface area contributed by atoms with Crippen molar-refractivity contribution < 1.29 is 0 Å². The number of hydrogen-bond donors (Lipinski definition) is 2. The molecule has 0 aliphatic carbocycles. The van der Waals surface area contributed by atoms with Crippen molar-refractivity contribution in [3.05, 3.63) is 18.0 Å². The minimum atomic E-state index is 0.749. The van der Waals surface area contributed by atoms with Crippen LogP contribution in [0.25, 0.3) is 0 Å². The van der Waals surface area contributed by atoms with Crippen LogP contribution in [0.2, 0.25) is 0 Å². The summed E-state index contributed by atoms with van der Waals surface area (Å²) >= 11 is 0. The fourth-order valence-electron chi connectivity index (χ4n) is 0.716. The third-order valence-electron chi connectivity index (χ3n) is 1.21. The molecule has 50 valence electrons. The zero-order chi connectivity index (χ0) is 6.53. The van der Waals surface area contributed by atoms with E-state index >= 15 is 0 Å². The molecule has 1 heterocycles. The summed E-state index contributed by atoms with van der Waals surface area (Å²) in [6.07, 6.45) is 3.80. The first kappa shape index (κ1) is 6.29. The molecule has 3 N–H and O–H groups in total. The lowest BCUT2D eigenvalue weighted by Crippen LogP contribution is -2.00. The molecule has 0 fully saturated rings. The van der Waals surface area contributed by atoms with Crippen molar-refractivity contribution >= 4 is 0 Å². The van der Waals surface area contributed by atoms with Crippen molar-refractivity contribution in [2.75, 3.05) is 6.54 Å². The van der Waals surface area contributed by atoms with E-state index in [1.807, 2.05) is 6.07 Å². The van der Waals surface area contributed by atoms with Crippen LogP contribution in [0.1, 0.15) is 12.1 Å². The Morgan fingerprint density at radius 2 is 2.56 bits per heavy atom. The summed E-state index contributed by atoms with van der Waals surface area (Å²) in [4.78, 5) is 0. The fraction of sp³-hybridized carbons (Fsp3) is 0.500. The number of aryl methyl sites for hydroxylation is 1. The molecule has 0 saturated heterocycles. The Morgan fingerprint density at radius 1 is 1.67 bits per heavy atom. The Morgan fingerprint density at radius 3 is 3.11 bits per heavy atom. The monoisotopic (exact) mass is 125 g/mol. The minimum absolute atomic E-state index is 0.749. The van der Waals surface area contributed by atoms with Crippen molar-refractivity contribution in [1.82, 2.24) is 10.2 Å². The van der Waals surface area contributed by atoms with Crippen LogP contribution in [-0.2, 0) is 6.42 Å². The van der Waals surface area contributed by atoms with Crippen LogP contribution >= 0.6 is 0 Å². The molecule has 0 aliphatic heterocycles. The second kappa shape index (κ2) is 3.25. The lowest BCUT2D eigenvalue weighted by atomic mass is 10.2. The van der Waals surface area contributed by atoms with E-state index < -0.39 is 0 Å². The first-order chi connectivity index (χ1) is 4.43. The molecule has 1 rings (SSSR count). The maximum Gasteiger partial charge on any atom is 0.0490 e. The molecule has 0 unspecified atom stereocenters. The third kappa shape index (κ3) is 1.85. The molecule has 0 aliphatic rings. The quantitative estimate of drug-likeness (QED) is 0.610. The van der Waals surface area contributed by atoms with Crippen molar-refractivity contribution in [3.8, 4) is 0 Å². The molecular weight excluding hydrogens is 114 g/mol. The molecular formula is C6H11N3. The topological polar surface area (TPSA) is 54.7 Å². The number of rotatable bonds is 3. The van der Waals surface area contributed by atoms with E-state index in [1.54, 1.807) is 6.20 Å². The molecule has 3 nitrogen and oxygen atoms in total. The van der Waals surface area contributed by atoms with Crippen LogP contribution in [0.4, 0.5) is 0 Å². The molecule has 1 aromatic heterocycles. The van der Waals surface area contributed by atoms with E-state index in [9.17, 15) is 0 Å². The molecule has 1 aromatic rings. The highest BCUT2D eigenvalue weighted by Gasteiger charge is 1.89. The average molecular weight is 125 g/mol. The van der Waals surface area contributed by atoms with Gasteiger partial charge in [0.25, 0.3) is 0 Å². The average Bonchev–Trinajstić information content (AvgIpc) is 2.34. The smallest absolute Gasteiger partial charge is 0.0490 e. The van der Waals surface area contributed by atoms with Gasteiger partial charge in [-0.15, -0.1) is 0 Å². The second-order valence-corrected chi connectivity index (χ2v) is 1.97. The van der Waals surface area contributed by atoms with Gasteiger partial charge in [0.1, 0.15) is 0 Å². The summed E-state index contributed by atoms with van der Waals surface area (Å²) in [5, 5.41) is 6.68. The van der Waals surface area contributed by atoms with Gasteiger partial charge in [0, 0.05) is 11.9 Å². The number of nitrogens with zero attached hydrogens (tertiary/aromatic N) is 1.